The van der Waals surface area contributed by atoms with Crippen molar-refractivity contribution in [3.63, 3.8) is 0 Å². The molecule has 3 N–H and O–H groups in total. The minimum atomic E-state index is -0.565. The van der Waals surface area contributed by atoms with Crippen molar-refractivity contribution in [2.24, 2.45) is 17.6 Å². The van der Waals surface area contributed by atoms with E-state index in [0.717, 1.165) is 50.6 Å². The van der Waals surface area contributed by atoms with Gasteiger partial charge < -0.3 is 20.5 Å². The lowest BCUT2D eigenvalue weighted by atomic mass is 9.81. The van der Waals surface area contributed by atoms with Crippen LogP contribution in [0.1, 0.15) is 78.7 Å². The molecule has 9 heteroatoms. The minimum absolute atomic E-state index is 0.0859. The molecule has 9 nitrogen and oxygen atoms in total. The molecule has 3 fully saturated rings. The third kappa shape index (κ3) is 6.68. The molecule has 4 atom stereocenters. The van der Waals surface area contributed by atoms with Crippen molar-refractivity contribution in [3.8, 4) is 6.07 Å². The summed E-state index contributed by atoms with van der Waals surface area (Å²) in [5, 5.41) is 16.3. The number of nitriles is 1. The average molecular weight is 533 g/mol. The Morgan fingerprint density at radius 3 is 2.56 bits per heavy atom. The number of hydrogen-bond acceptors (Lipinski definition) is 7. The van der Waals surface area contributed by atoms with E-state index in [-0.39, 0.29) is 23.6 Å². The molecule has 0 radical (unpaired) electrons. The molecule has 1 aromatic carbocycles. The smallest absolute Gasteiger partial charge is 0.276 e. The fraction of sp³-hybridized carbons (Fsp3) is 0.600. The maximum Gasteiger partial charge on any atom is 0.276 e. The highest BCUT2D eigenvalue weighted by molar-refractivity contribution is 5.96. The van der Waals surface area contributed by atoms with E-state index < -0.39 is 6.04 Å². The number of amides is 2. The van der Waals surface area contributed by atoms with Gasteiger partial charge in [0.2, 0.25) is 5.91 Å². The Morgan fingerprint density at radius 2 is 1.90 bits per heavy atom. The largest absolute Gasteiger partial charge is 0.361 e. The Bertz CT molecular complexity index is 1180. The first-order valence-electron chi connectivity index (χ1n) is 14.4. The van der Waals surface area contributed by atoms with Crippen molar-refractivity contribution < 1.29 is 14.1 Å². The molecule has 1 aromatic heterocycles. The van der Waals surface area contributed by atoms with Gasteiger partial charge in [-0.05, 0) is 87.9 Å². The molecule has 39 heavy (non-hydrogen) atoms. The van der Waals surface area contributed by atoms with Crippen molar-refractivity contribution in [2.75, 3.05) is 19.6 Å². The molecule has 3 unspecified atom stereocenters. The fourth-order valence-electron chi connectivity index (χ4n) is 6.38. The molecule has 2 amide bonds. The number of piperidine rings is 1. The predicted octanol–water partition coefficient (Wildman–Crippen LogP) is 3.37. The Kier molecular flexibility index (Phi) is 8.63. The summed E-state index contributed by atoms with van der Waals surface area (Å²) in [6.45, 7) is 4.34. The number of carbonyl (C=O) groups excluding carboxylic acids is 2. The monoisotopic (exact) mass is 532 g/mol. The van der Waals surface area contributed by atoms with Gasteiger partial charge in [-0.2, -0.15) is 5.26 Å². The Hall–Kier alpha value is -3.22. The maximum absolute atomic E-state index is 13.7. The predicted molar refractivity (Wildman–Crippen MR) is 146 cm³/mol. The van der Waals surface area contributed by atoms with Gasteiger partial charge in [0.15, 0.2) is 5.69 Å². The molecule has 2 saturated carbocycles. The van der Waals surface area contributed by atoms with E-state index in [1.807, 2.05) is 24.3 Å². The number of nitrogens with one attached hydrogen (secondary N) is 1. The van der Waals surface area contributed by atoms with Crippen LogP contribution in [0, 0.1) is 30.1 Å². The van der Waals surface area contributed by atoms with Crippen LogP contribution >= 0.6 is 0 Å². The van der Waals surface area contributed by atoms with Gasteiger partial charge in [-0.3, -0.25) is 14.5 Å². The number of nitrogens with zero attached hydrogens (tertiary/aromatic N) is 4. The lowest BCUT2D eigenvalue weighted by Crippen LogP contribution is -2.58. The maximum atomic E-state index is 13.7. The number of hydrogen-bond donors (Lipinski definition) is 2. The number of rotatable bonds is 9. The highest BCUT2D eigenvalue weighted by atomic mass is 16.5. The summed E-state index contributed by atoms with van der Waals surface area (Å²) in [7, 11) is 0. The van der Waals surface area contributed by atoms with Gasteiger partial charge in [0, 0.05) is 37.8 Å². The summed E-state index contributed by atoms with van der Waals surface area (Å²) in [5.41, 5.74) is 7.98. The normalized spacial score (nSPS) is 25.3. The van der Waals surface area contributed by atoms with Crippen LogP contribution < -0.4 is 11.1 Å². The average Bonchev–Trinajstić information content (AvgIpc) is 3.73. The van der Waals surface area contributed by atoms with Gasteiger partial charge in [0.05, 0.1) is 11.6 Å². The standard InChI is InChI=1S/C30H40N6O3/c1-20-13-27(34-39-20)30(38)35-12-11-26(36(25-9-10-25)19-22-7-5-21(16-31)6-8-22)15-28(35)29(37)33-18-24-4-2-3-23(14-24)17-32/h5-8,13,23-26,28H,2-4,9-12,14-15,17-19,32H2,1H3,(H,33,37)/t23?,24?,26?,28-/m1/s1. The van der Waals surface area contributed by atoms with Crippen molar-refractivity contribution in [3.05, 3.63) is 52.9 Å². The second kappa shape index (κ2) is 12.3. The van der Waals surface area contributed by atoms with Crippen LogP contribution in [0.15, 0.2) is 34.9 Å². The van der Waals surface area contributed by atoms with Crippen molar-refractivity contribution in [2.45, 2.75) is 83.0 Å². The van der Waals surface area contributed by atoms with Gasteiger partial charge in [0.25, 0.3) is 5.91 Å². The van der Waals surface area contributed by atoms with Crippen molar-refractivity contribution >= 4 is 11.8 Å². The summed E-state index contributed by atoms with van der Waals surface area (Å²) >= 11 is 0. The van der Waals surface area contributed by atoms with E-state index in [2.05, 4.69) is 21.4 Å². The second-order valence-electron chi connectivity index (χ2n) is 11.6. The lowest BCUT2D eigenvalue weighted by Gasteiger charge is -2.43. The summed E-state index contributed by atoms with van der Waals surface area (Å²) in [5.74, 6) is 1.19. The second-order valence-corrected chi connectivity index (χ2v) is 11.6. The number of benzene rings is 1. The molecule has 0 spiro atoms. The van der Waals surface area contributed by atoms with E-state index in [1.54, 1.807) is 17.9 Å². The van der Waals surface area contributed by atoms with E-state index in [4.69, 9.17) is 15.5 Å². The van der Waals surface area contributed by atoms with E-state index in [0.29, 0.717) is 55.3 Å². The van der Waals surface area contributed by atoms with Crippen LogP contribution in [0.3, 0.4) is 0 Å². The van der Waals surface area contributed by atoms with Gasteiger partial charge in [0.1, 0.15) is 11.8 Å². The van der Waals surface area contributed by atoms with Gasteiger partial charge in [-0.15, -0.1) is 0 Å². The quantitative estimate of drug-likeness (QED) is 0.507. The Morgan fingerprint density at radius 1 is 1.13 bits per heavy atom. The van der Waals surface area contributed by atoms with Crippen LogP contribution in [0.25, 0.3) is 0 Å². The summed E-state index contributed by atoms with van der Waals surface area (Å²) in [6, 6.07) is 11.7. The SMILES string of the molecule is Cc1cc(C(=O)N2CCC(N(Cc3ccc(C#N)cc3)C3CC3)C[C@@H]2C(=O)NCC2CCCC(CN)C2)no1. The first kappa shape index (κ1) is 27.4. The topological polar surface area (TPSA) is 128 Å². The summed E-state index contributed by atoms with van der Waals surface area (Å²) in [6.07, 6.45) is 8.13. The molecule has 0 bridgehead atoms. The number of carbonyl (C=O) groups is 2. The molecule has 1 aliphatic heterocycles. The van der Waals surface area contributed by atoms with Gasteiger partial charge >= 0.3 is 0 Å². The Labute approximate surface area is 230 Å². The number of aryl methyl sites for hydroxylation is 1. The minimum Gasteiger partial charge on any atom is -0.361 e. The summed E-state index contributed by atoms with van der Waals surface area (Å²) < 4.78 is 5.17. The molecule has 5 rings (SSSR count). The molecule has 208 valence electrons. The van der Waals surface area contributed by atoms with Gasteiger partial charge in [-0.25, -0.2) is 0 Å². The first-order valence-corrected chi connectivity index (χ1v) is 14.4. The molecular weight excluding hydrogens is 492 g/mol. The van der Waals surface area contributed by atoms with Crippen molar-refractivity contribution in [1.29, 1.82) is 5.26 Å². The number of nitrogens with two attached hydrogens (primary N) is 1. The van der Waals surface area contributed by atoms with E-state index in [1.165, 1.54) is 6.42 Å². The molecule has 1 saturated heterocycles. The highest BCUT2D eigenvalue weighted by Gasteiger charge is 2.42. The van der Waals surface area contributed by atoms with E-state index >= 15 is 0 Å². The van der Waals surface area contributed by atoms with Crippen LogP contribution in [0.5, 0.6) is 0 Å². The zero-order valence-corrected chi connectivity index (χ0v) is 22.8. The molecule has 2 heterocycles. The van der Waals surface area contributed by atoms with Crippen LogP contribution in [0.2, 0.25) is 0 Å². The zero-order chi connectivity index (χ0) is 27.4. The third-order valence-electron chi connectivity index (χ3n) is 8.71. The summed E-state index contributed by atoms with van der Waals surface area (Å²) in [4.78, 5) is 31.4. The van der Waals surface area contributed by atoms with Crippen molar-refractivity contribution in [1.82, 2.24) is 20.3 Å². The molecule has 2 aliphatic carbocycles. The van der Waals surface area contributed by atoms with Crippen LogP contribution in [-0.2, 0) is 11.3 Å². The van der Waals surface area contributed by atoms with E-state index in [9.17, 15) is 9.59 Å². The lowest BCUT2D eigenvalue weighted by molar-refractivity contribution is -0.128. The highest BCUT2D eigenvalue weighted by Crippen LogP contribution is 2.35. The molecular formula is C30H40N6O3. The zero-order valence-electron chi connectivity index (χ0n) is 22.8. The fourth-order valence-corrected chi connectivity index (χ4v) is 6.38. The number of aromatic nitrogens is 1. The molecule has 2 aromatic rings. The first-order chi connectivity index (χ1) is 18.9. The van der Waals surface area contributed by atoms with Gasteiger partial charge in [-0.1, -0.05) is 23.7 Å². The number of likely N-dealkylation sites (tertiary alicyclic amines) is 1. The molecule has 3 aliphatic rings. The Balaban J connectivity index is 1.31. The van der Waals surface area contributed by atoms with Crippen LogP contribution in [-0.4, -0.2) is 64.5 Å². The third-order valence-corrected chi connectivity index (χ3v) is 8.71. The van der Waals surface area contributed by atoms with Crippen LogP contribution in [0.4, 0.5) is 0 Å².